The van der Waals surface area contributed by atoms with Gasteiger partial charge in [-0.1, -0.05) is 24.3 Å². The van der Waals surface area contributed by atoms with Crippen LogP contribution < -0.4 is 20.5 Å². The highest BCUT2D eigenvalue weighted by atomic mass is 19.4. The smallest absolute Gasteiger partial charge is 0.417 e. The fourth-order valence-corrected chi connectivity index (χ4v) is 4.15. The van der Waals surface area contributed by atoms with Gasteiger partial charge >= 0.3 is 6.18 Å². The van der Waals surface area contributed by atoms with Crippen LogP contribution in [0.2, 0.25) is 0 Å². The third-order valence-corrected chi connectivity index (χ3v) is 6.13. The summed E-state index contributed by atoms with van der Waals surface area (Å²) in [4.78, 5) is 24.5. The van der Waals surface area contributed by atoms with E-state index in [0.29, 0.717) is 24.3 Å². The van der Waals surface area contributed by atoms with Crippen LogP contribution >= 0.6 is 0 Å². The van der Waals surface area contributed by atoms with Crippen molar-refractivity contribution in [2.75, 3.05) is 12.1 Å². The van der Waals surface area contributed by atoms with Crippen LogP contribution in [0.25, 0.3) is 11.1 Å². The maximum atomic E-state index is 13.9. The maximum absolute atomic E-state index is 13.9. The van der Waals surface area contributed by atoms with Crippen molar-refractivity contribution in [1.82, 2.24) is 5.73 Å². The average molecular weight is 467 g/mol. The predicted octanol–water partition coefficient (Wildman–Crippen LogP) is 5.19. The molecule has 173 valence electrons. The fourth-order valence-electron chi connectivity index (χ4n) is 4.15. The van der Waals surface area contributed by atoms with Crippen molar-refractivity contribution in [2.45, 2.75) is 24.4 Å². The number of halogens is 3. The molecule has 2 aliphatic rings. The van der Waals surface area contributed by atoms with Gasteiger partial charge < -0.3 is 14.8 Å². The van der Waals surface area contributed by atoms with Crippen LogP contribution in [0, 0.1) is 0 Å². The van der Waals surface area contributed by atoms with Gasteiger partial charge in [-0.3, -0.25) is 15.3 Å². The minimum Gasteiger partial charge on any atom is -0.454 e. The van der Waals surface area contributed by atoms with Crippen molar-refractivity contribution < 1.29 is 32.2 Å². The van der Waals surface area contributed by atoms with Gasteiger partial charge in [0.2, 0.25) is 12.7 Å². The lowest BCUT2D eigenvalue weighted by Crippen LogP contribution is -2.28. The largest absolute Gasteiger partial charge is 0.454 e. The number of anilines is 1. The molecule has 0 atom stereocenters. The van der Waals surface area contributed by atoms with Gasteiger partial charge in [0.05, 0.1) is 11.0 Å². The van der Waals surface area contributed by atoms with Gasteiger partial charge in [0.25, 0.3) is 5.91 Å². The molecule has 1 fully saturated rings. The van der Waals surface area contributed by atoms with Gasteiger partial charge in [-0.2, -0.15) is 13.2 Å². The highest BCUT2D eigenvalue weighted by Crippen LogP contribution is 2.51. The van der Waals surface area contributed by atoms with Crippen LogP contribution in [-0.4, -0.2) is 18.6 Å². The highest BCUT2D eigenvalue weighted by molar-refractivity contribution is 6.02. The SMILES string of the molecule is [NH]C(=O)c1cccc(-c2ccc(NC(=O)C3(c4ccc5c(c4)OCO5)CC3)cc2C(F)(F)F)c1. The summed E-state index contributed by atoms with van der Waals surface area (Å²) in [7, 11) is 0. The number of alkyl halides is 3. The summed E-state index contributed by atoms with van der Waals surface area (Å²) in [6.07, 6.45) is -3.57. The number of amides is 2. The van der Waals surface area contributed by atoms with Crippen LogP contribution in [0.5, 0.6) is 11.5 Å². The Hall–Kier alpha value is -4.01. The summed E-state index contributed by atoms with van der Waals surface area (Å²) >= 11 is 0. The first kappa shape index (κ1) is 21.8. The van der Waals surface area contributed by atoms with Crippen LogP contribution in [-0.2, 0) is 16.4 Å². The molecular formula is C25H18F3N2O4. The topological polar surface area (TPSA) is 88.4 Å². The molecule has 1 aliphatic carbocycles. The molecule has 0 saturated heterocycles. The first-order chi connectivity index (χ1) is 16.2. The quantitative estimate of drug-likeness (QED) is 0.559. The molecule has 1 saturated carbocycles. The van der Waals surface area contributed by atoms with E-state index in [1.807, 2.05) is 0 Å². The second kappa shape index (κ2) is 7.79. The summed E-state index contributed by atoms with van der Waals surface area (Å²) in [5.74, 6) is -0.262. The lowest BCUT2D eigenvalue weighted by molar-refractivity contribution is -0.137. The molecule has 1 radical (unpaired) electrons. The fraction of sp³-hybridized carbons (Fsp3) is 0.200. The van der Waals surface area contributed by atoms with E-state index in [9.17, 15) is 22.8 Å². The standard InChI is InChI=1S/C25H18F3N2O4/c26-25(27,28)19-12-17(5-6-18(19)14-2-1-3-15(10-14)22(29)31)30-23(32)24(8-9-24)16-4-7-20-21(11-16)34-13-33-20/h1-7,10-12,29H,8-9,13H2,(H,30,32). The Kier molecular flexibility index (Phi) is 5.00. The minimum atomic E-state index is -4.70. The van der Waals surface area contributed by atoms with Crippen LogP contribution in [0.3, 0.4) is 0 Å². The number of fused-ring (bicyclic) bond motifs is 1. The Bertz CT molecular complexity index is 1320. The van der Waals surface area contributed by atoms with Gasteiger partial charge in [0, 0.05) is 11.3 Å². The monoisotopic (exact) mass is 467 g/mol. The number of nitrogens with one attached hydrogen (secondary N) is 2. The van der Waals surface area contributed by atoms with E-state index in [0.717, 1.165) is 11.6 Å². The van der Waals surface area contributed by atoms with Crippen LogP contribution in [0.4, 0.5) is 18.9 Å². The molecule has 0 spiro atoms. The molecule has 1 aliphatic heterocycles. The third kappa shape index (κ3) is 3.83. The molecule has 5 rings (SSSR count). The Balaban J connectivity index is 1.45. The maximum Gasteiger partial charge on any atom is 0.417 e. The number of carbonyl (C=O) groups is 2. The molecule has 0 unspecified atom stereocenters. The van der Waals surface area contributed by atoms with Crippen molar-refractivity contribution >= 4 is 17.5 Å². The zero-order chi connectivity index (χ0) is 24.1. The molecular weight excluding hydrogens is 449 g/mol. The molecule has 9 heteroatoms. The van der Waals surface area contributed by atoms with E-state index in [1.165, 1.54) is 36.4 Å². The van der Waals surface area contributed by atoms with E-state index in [-0.39, 0.29) is 29.2 Å². The zero-order valence-corrected chi connectivity index (χ0v) is 17.7. The molecule has 1 heterocycles. The normalized spacial score (nSPS) is 15.6. The summed E-state index contributed by atoms with van der Waals surface area (Å²) < 4.78 is 52.4. The first-order valence-electron chi connectivity index (χ1n) is 10.5. The van der Waals surface area contributed by atoms with Gasteiger partial charge in [-0.15, -0.1) is 0 Å². The molecule has 34 heavy (non-hydrogen) atoms. The number of benzene rings is 3. The lowest BCUT2D eigenvalue weighted by atomic mass is 9.94. The molecule has 0 bridgehead atoms. The summed E-state index contributed by atoms with van der Waals surface area (Å²) in [5.41, 5.74) is 6.17. The third-order valence-electron chi connectivity index (χ3n) is 6.13. The molecule has 3 aromatic carbocycles. The molecule has 3 aromatic rings. The van der Waals surface area contributed by atoms with Crippen molar-refractivity contribution in [3.63, 3.8) is 0 Å². The molecule has 0 aromatic heterocycles. The van der Waals surface area contributed by atoms with Gasteiger partial charge in [0.15, 0.2) is 11.5 Å². The zero-order valence-electron chi connectivity index (χ0n) is 17.7. The number of hydrogen-bond donors (Lipinski definition) is 1. The van der Waals surface area contributed by atoms with Crippen molar-refractivity contribution in [1.29, 1.82) is 0 Å². The Morgan fingerprint density at radius 1 is 0.941 bits per heavy atom. The number of hydrogen-bond acceptors (Lipinski definition) is 4. The van der Waals surface area contributed by atoms with Gasteiger partial charge in [-0.05, 0) is 65.9 Å². The second-order valence-corrected chi connectivity index (χ2v) is 8.27. The van der Waals surface area contributed by atoms with Crippen LogP contribution in [0.1, 0.15) is 34.3 Å². The Morgan fingerprint density at radius 3 is 2.41 bits per heavy atom. The van der Waals surface area contributed by atoms with Crippen LogP contribution in [0.15, 0.2) is 60.7 Å². The summed E-state index contributed by atoms with van der Waals surface area (Å²) in [5, 5.41) is 2.64. The molecule has 2 amide bonds. The Morgan fingerprint density at radius 2 is 1.71 bits per heavy atom. The van der Waals surface area contributed by atoms with E-state index in [1.54, 1.807) is 18.2 Å². The van der Waals surface area contributed by atoms with Gasteiger partial charge in [0.1, 0.15) is 0 Å². The van der Waals surface area contributed by atoms with Crippen molar-refractivity contribution in [3.05, 3.63) is 77.4 Å². The number of rotatable bonds is 5. The number of ether oxygens (including phenoxy) is 2. The lowest BCUT2D eigenvalue weighted by Gasteiger charge is -2.19. The minimum absolute atomic E-state index is 0.0117. The van der Waals surface area contributed by atoms with Crippen molar-refractivity contribution in [2.24, 2.45) is 0 Å². The number of carbonyl (C=O) groups excluding carboxylic acids is 2. The van der Waals surface area contributed by atoms with Gasteiger partial charge in [-0.25, -0.2) is 0 Å². The first-order valence-corrected chi connectivity index (χ1v) is 10.5. The summed E-state index contributed by atoms with van der Waals surface area (Å²) in [6, 6.07) is 14.2. The van der Waals surface area contributed by atoms with E-state index >= 15 is 0 Å². The summed E-state index contributed by atoms with van der Waals surface area (Å²) in [6.45, 7) is 0.101. The Labute approximate surface area is 192 Å². The van der Waals surface area contributed by atoms with E-state index < -0.39 is 29.0 Å². The highest BCUT2D eigenvalue weighted by Gasteiger charge is 2.51. The average Bonchev–Trinajstić information content (AvgIpc) is 3.49. The predicted molar refractivity (Wildman–Crippen MR) is 116 cm³/mol. The van der Waals surface area contributed by atoms with Crippen molar-refractivity contribution in [3.8, 4) is 22.6 Å². The van der Waals surface area contributed by atoms with E-state index in [2.05, 4.69) is 5.32 Å². The van der Waals surface area contributed by atoms with E-state index in [4.69, 9.17) is 15.2 Å². The second-order valence-electron chi connectivity index (χ2n) is 8.27. The molecule has 2 N–H and O–H groups in total. The molecule has 6 nitrogen and oxygen atoms in total.